The van der Waals surface area contributed by atoms with Crippen LogP contribution in [0.4, 0.5) is 5.82 Å². The number of nitrogens with zero attached hydrogens (tertiary/aromatic N) is 5. The van der Waals surface area contributed by atoms with Gasteiger partial charge in [-0.3, -0.25) is 9.78 Å². The number of hydrogen-bond acceptors (Lipinski definition) is 7. The van der Waals surface area contributed by atoms with E-state index in [1.165, 1.54) is 0 Å². The van der Waals surface area contributed by atoms with Crippen LogP contribution in [0.1, 0.15) is 40.4 Å². The average Bonchev–Trinajstić information content (AvgIpc) is 2.96. The number of rotatable bonds is 5. The zero-order valence-corrected chi connectivity index (χ0v) is 20.4. The Morgan fingerprint density at radius 2 is 1.76 bits per heavy atom. The fourth-order valence-electron chi connectivity index (χ4n) is 4.09. The molecule has 0 aliphatic carbocycles. The summed E-state index contributed by atoms with van der Waals surface area (Å²) < 4.78 is 0. The van der Waals surface area contributed by atoms with Gasteiger partial charge in [0.15, 0.2) is 11.5 Å². The molecule has 1 amide bonds. The summed E-state index contributed by atoms with van der Waals surface area (Å²) in [5.41, 5.74) is 10.9. The first-order chi connectivity index (χ1) is 18.5. The van der Waals surface area contributed by atoms with Gasteiger partial charge in [0.25, 0.3) is 5.91 Å². The van der Waals surface area contributed by atoms with E-state index in [2.05, 4.69) is 32.3 Å². The van der Waals surface area contributed by atoms with Crippen LogP contribution in [0, 0.1) is 23.7 Å². The van der Waals surface area contributed by atoms with Gasteiger partial charge in [-0.1, -0.05) is 36.3 Å². The Bertz CT molecular complexity index is 1780. The quantitative estimate of drug-likeness (QED) is 0.339. The Labute approximate surface area is 219 Å². The van der Waals surface area contributed by atoms with Crippen LogP contribution in [0.15, 0.2) is 79.0 Å². The van der Waals surface area contributed by atoms with Gasteiger partial charge in [-0.25, -0.2) is 15.0 Å². The zero-order chi connectivity index (χ0) is 26.6. The summed E-state index contributed by atoms with van der Waals surface area (Å²) in [5, 5.41) is 13.2. The second-order valence-corrected chi connectivity index (χ2v) is 8.55. The summed E-state index contributed by atoms with van der Waals surface area (Å²) in [5.74, 6) is 1.95. The molecule has 0 bridgehead atoms. The lowest BCUT2D eigenvalue weighted by atomic mass is 10.0. The number of amides is 1. The number of carbonyl (C=O) groups is 1. The number of hydrogen-bond donors (Lipinski definition) is 2. The number of benzene rings is 2. The number of nitrogens with two attached hydrogens (primary N) is 1. The molecule has 0 aliphatic rings. The first kappa shape index (κ1) is 24.1. The third-order valence-electron chi connectivity index (χ3n) is 5.99. The number of terminal acetylenes is 1. The van der Waals surface area contributed by atoms with E-state index in [-0.39, 0.29) is 11.5 Å². The van der Waals surface area contributed by atoms with Crippen LogP contribution in [0.2, 0.25) is 0 Å². The predicted octanol–water partition coefficient (Wildman–Crippen LogP) is 4.68. The Morgan fingerprint density at radius 1 is 0.974 bits per heavy atom. The van der Waals surface area contributed by atoms with E-state index in [0.717, 1.165) is 16.5 Å². The van der Waals surface area contributed by atoms with E-state index in [4.69, 9.17) is 17.1 Å². The van der Waals surface area contributed by atoms with Crippen molar-refractivity contribution in [3.05, 3.63) is 102 Å². The molecule has 5 aromatic rings. The zero-order valence-electron chi connectivity index (χ0n) is 20.4. The van der Waals surface area contributed by atoms with Gasteiger partial charge in [0.05, 0.1) is 40.3 Å². The Balaban J connectivity index is 1.61. The Kier molecular flexibility index (Phi) is 6.46. The maximum absolute atomic E-state index is 13.3. The van der Waals surface area contributed by atoms with E-state index in [0.29, 0.717) is 33.9 Å². The van der Waals surface area contributed by atoms with Crippen molar-refractivity contribution in [2.45, 2.75) is 13.0 Å². The maximum atomic E-state index is 13.3. The minimum Gasteiger partial charge on any atom is -0.382 e. The van der Waals surface area contributed by atoms with E-state index >= 15 is 0 Å². The molecule has 1 unspecified atom stereocenters. The summed E-state index contributed by atoms with van der Waals surface area (Å²) in [4.78, 5) is 31.4. The van der Waals surface area contributed by atoms with Crippen LogP contribution in [0.3, 0.4) is 0 Å². The van der Waals surface area contributed by atoms with Crippen molar-refractivity contribution < 1.29 is 4.79 Å². The van der Waals surface area contributed by atoms with E-state index in [1.807, 2.05) is 36.4 Å². The number of pyridine rings is 2. The maximum Gasteiger partial charge on any atom is 0.274 e. The van der Waals surface area contributed by atoms with Gasteiger partial charge in [0.1, 0.15) is 5.69 Å². The SMILES string of the molecule is C#Cc1cccc(C(C)NC(=O)c2nc(-c3ccc4ncccc4c3)c(-c3cccc(C#N)c3)nc2N)n1. The van der Waals surface area contributed by atoms with Gasteiger partial charge in [0.2, 0.25) is 0 Å². The lowest BCUT2D eigenvalue weighted by molar-refractivity contribution is 0.0935. The minimum absolute atomic E-state index is 0.0218. The van der Waals surface area contributed by atoms with Crippen molar-refractivity contribution in [2.24, 2.45) is 0 Å². The van der Waals surface area contributed by atoms with E-state index < -0.39 is 11.9 Å². The van der Waals surface area contributed by atoms with Crippen LogP contribution in [0.5, 0.6) is 0 Å². The second kappa shape index (κ2) is 10.2. The second-order valence-electron chi connectivity index (χ2n) is 8.55. The number of anilines is 1. The van der Waals surface area contributed by atoms with Crippen LogP contribution >= 0.6 is 0 Å². The van der Waals surface area contributed by atoms with Crippen LogP contribution < -0.4 is 11.1 Å². The standard InChI is InChI=1S/C30H21N7O/c1-3-23-10-5-11-24(35-23)18(2)34-30(38)28-29(32)37-27(21-8-4-7-19(15-21)17-31)26(36-28)22-12-13-25-20(16-22)9-6-14-33-25/h1,4-16,18H,2H3,(H2,32,37)(H,34,38). The van der Waals surface area contributed by atoms with Crippen molar-refractivity contribution in [3.63, 3.8) is 0 Å². The Morgan fingerprint density at radius 3 is 2.58 bits per heavy atom. The van der Waals surface area contributed by atoms with Gasteiger partial charge in [-0.05, 0) is 49.4 Å². The van der Waals surface area contributed by atoms with E-state index in [1.54, 1.807) is 49.5 Å². The van der Waals surface area contributed by atoms with Crippen molar-refractivity contribution in [1.82, 2.24) is 25.3 Å². The molecule has 8 nitrogen and oxygen atoms in total. The van der Waals surface area contributed by atoms with Gasteiger partial charge in [-0.15, -0.1) is 6.42 Å². The predicted molar refractivity (Wildman–Crippen MR) is 145 cm³/mol. The number of nitrogen functional groups attached to an aromatic ring is 1. The van der Waals surface area contributed by atoms with Crippen molar-refractivity contribution in [1.29, 1.82) is 5.26 Å². The highest BCUT2D eigenvalue weighted by atomic mass is 16.2. The molecule has 5 rings (SSSR count). The molecule has 0 saturated carbocycles. The molecule has 3 aromatic heterocycles. The number of fused-ring (bicyclic) bond motifs is 1. The molecular formula is C30H21N7O. The van der Waals surface area contributed by atoms with Gasteiger partial charge >= 0.3 is 0 Å². The first-order valence-electron chi connectivity index (χ1n) is 11.7. The normalized spacial score (nSPS) is 11.3. The van der Waals surface area contributed by atoms with Crippen LogP contribution in [-0.2, 0) is 0 Å². The molecular weight excluding hydrogens is 474 g/mol. The lowest BCUT2D eigenvalue weighted by Crippen LogP contribution is -2.29. The molecule has 3 N–H and O–H groups in total. The van der Waals surface area contributed by atoms with Gasteiger partial charge < -0.3 is 11.1 Å². The molecule has 1 atom stereocenters. The lowest BCUT2D eigenvalue weighted by Gasteiger charge is -2.16. The monoisotopic (exact) mass is 495 g/mol. The molecule has 0 fully saturated rings. The molecule has 2 aromatic carbocycles. The third kappa shape index (κ3) is 4.75. The topological polar surface area (TPSA) is 130 Å². The van der Waals surface area contributed by atoms with Crippen LogP contribution in [-0.4, -0.2) is 25.8 Å². The summed E-state index contributed by atoms with van der Waals surface area (Å²) in [6.45, 7) is 1.79. The molecule has 0 saturated heterocycles. The fourth-order valence-corrected chi connectivity index (χ4v) is 4.09. The Hall–Kier alpha value is -5.60. The molecule has 0 spiro atoms. The van der Waals surface area contributed by atoms with Gasteiger partial charge in [0, 0.05) is 22.7 Å². The first-order valence-corrected chi connectivity index (χ1v) is 11.7. The summed E-state index contributed by atoms with van der Waals surface area (Å²) in [6, 6.07) is 23.4. The molecule has 0 aliphatic heterocycles. The highest BCUT2D eigenvalue weighted by Crippen LogP contribution is 2.33. The van der Waals surface area contributed by atoms with Crippen molar-refractivity contribution in [2.75, 3.05) is 5.73 Å². The number of carbonyl (C=O) groups excluding carboxylic acids is 1. The summed E-state index contributed by atoms with van der Waals surface area (Å²) in [6.07, 6.45) is 7.19. The average molecular weight is 496 g/mol. The minimum atomic E-state index is -0.503. The highest BCUT2D eigenvalue weighted by molar-refractivity contribution is 5.98. The molecule has 3 heterocycles. The molecule has 0 radical (unpaired) electrons. The van der Waals surface area contributed by atoms with Crippen molar-refractivity contribution >= 4 is 22.6 Å². The summed E-state index contributed by atoms with van der Waals surface area (Å²) >= 11 is 0. The third-order valence-corrected chi connectivity index (χ3v) is 5.99. The molecule has 8 heteroatoms. The number of aromatic nitrogens is 4. The fraction of sp³-hybridized carbons (Fsp3) is 0.0667. The van der Waals surface area contributed by atoms with Crippen LogP contribution in [0.25, 0.3) is 33.4 Å². The number of nitriles is 1. The van der Waals surface area contributed by atoms with E-state index in [9.17, 15) is 10.1 Å². The summed E-state index contributed by atoms with van der Waals surface area (Å²) in [7, 11) is 0. The molecule has 38 heavy (non-hydrogen) atoms. The number of nitrogens with one attached hydrogen (secondary N) is 1. The largest absolute Gasteiger partial charge is 0.382 e. The smallest absolute Gasteiger partial charge is 0.274 e. The highest BCUT2D eigenvalue weighted by Gasteiger charge is 2.22. The van der Waals surface area contributed by atoms with Crippen molar-refractivity contribution in [3.8, 4) is 40.9 Å². The molecule has 182 valence electrons. The van der Waals surface area contributed by atoms with Gasteiger partial charge in [-0.2, -0.15) is 5.26 Å².